The maximum absolute atomic E-state index is 11.3. The first-order valence-corrected chi connectivity index (χ1v) is 3.92. The van der Waals surface area contributed by atoms with Crippen molar-refractivity contribution in [2.75, 3.05) is 0 Å². The molecule has 0 aliphatic heterocycles. The summed E-state index contributed by atoms with van der Waals surface area (Å²) in [6.45, 7) is -0.0471. The topological polar surface area (TPSA) is 50.4 Å². The summed E-state index contributed by atoms with van der Waals surface area (Å²) in [5, 5.41) is 9.39. The van der Waals surface area contributed by atoms with Gasteiger partial charge in [-0.15, -0.1) is 0 Å². The van der Waals surface area contributed by atoms with Crippen molar-refractivity contribution in [3.05, 3.63) is 46.3 Å². The van der Waals surface area contributed by atoms with Crippen LogP contribution in [0.2, 0.25) is 0 Å². The van der Waals surface area contributed by atoms with Crippen molar-refractivity contribution >= 4 is 11.0 Å². The van der Waals surface area contributed by atoms with Crippen LogP contribution in [0.4, 0.5) is 0 Å². The normalized spacial score (nSPS) is 10.5. The van der Waals surface area contributed by atoms with E-state index in [4.69, 9.17) is 9.52 Å². The van der Waals surface area contributed by atoms with Gasteiger partial charge in [0.15, 0.2) is 5.43 Å². The molecule has 0 amide bonds. The van der Waals surface area contributed by atoms with Gasteiger partial charge in [-0.2, -0.15) is 0 Å². The summed E-state index contributed by atoms with van der Waals surface area (Å²) < 4.78 is 5.12. The lowest BCUT2D eigenvalue weighted by atomic mass is 10.1. The molecule has 0 radical (unpaired) electrons. The van der Waals surface area contributed by atoms with Crippen molar-refractivity contribution in [2.24, 2.45) is 0 Å². The molecule has 0 fully saturated rings. The van der Waals surface area contributed by atoms with Crippen molar-refractivity contribution in [1.29, 1.82) is 0 Å². The average molecular weight is 176 g/mol. The highest BCUT2D eigenvalue weighted by Crippen LogP contribution is 2.11. The lowest BCUT2D eigenvalue weighted by Gasteiger charge is -1.97. The first-order chi connectivity index (χ1) is 6.31. The van der Waals surface area contributed by atoms with E-state index in [1.165, 1.54) is 12.3 Å². The van der Waals surface area contributed by atoms with Gasteiger partial charge in [0, 0.05) is 6.07 Å². The predicted octanol–water partition coefficient (Wildman–Crippen LogP) is 1.29. The van der Waals surface area contributed by atoms with E-state index in [0.717, 1.165) is 5.56 Å². The van der Waals surface area contributed by atoms with Gasteiger partial charge in [0.2, 0.25) is 0 Å². The second-order valence-electron chi connectivity index (χ2n) is 2.77. The lowest BCUT2D eigenvalue weighted by Crippen LogP contribution is -1.98. The Kier molecular flexibility index (Phi) is 1.87. The van der Waals surface area contributed by atoms with Crippen molar-refractivity contribution in [1.82, 2.24) is 0 Å². The first-order valence-electron chi connectivity index (χ1n) is 3.92. The third kappa shape index (κ3) is 1.34. The highest BCUT2D eigenvalue weighted by molar-refractivity contribution is 5.76. The highest BCUT2D eigenvalue weighted by Gasteiger charge is 1.99. The van der Waals surface area contributed by atoms with Gasteiger partial charge in [0.05, 0.1) is 18.3 Å². The Morgan fingerprint density at radius 1 is 1.31 bits per heavy atom. The molecule has 2 aromatic rings. The second-order valence-corrected chi connectivity index (χ2v) is 2.77. The van der Waals surface area contributed by atoms with E-state index in [1.807, 2.05) is 0 Å². The Morgan fingerprint density at radius 3 is 2.92 bits per heavy atom. The molecular formula is C10H8O3. The van der Waals surface area contributed by atoms with Crippen LogP contribution in [0.25, 0.3) is 11.0 Å². The Hall–Kier alpha value is -1.61. The number of aliphatic hydroxyl groups excluding tert-OH is 1. The molecule has 3 nitrogen and oxygen atoms in total. The Bertz CT molecular complexity index is 485. The summed E-state index contributed by atoms with van der Waals surface area (Å²) in [6.07, 6.45) is 1.35. The van der Waals surface area contributed by atoms with Gasteiger partial charge < -0.3 is 9.52 Å². The van der Waals surface area contributed by atoms with E-state index in [0.29, 0.717) is 11.0 Å². The maximum Gasteiger partial charge on any atom is 0.192 e. The molecule has 0 atom stereocenters. The summed E-state index contributed by atoms with van der Waals surface area (Å²) in [7, 11) is 0. The molecule has 0 saturated heterocycles. The zero-order chi connectivity index (χ0) is 9.26. The van der Waals surface area contributed by atoms with Crippen LogP contribution in [0.15, 0.2) is 39.7 Å². The third-order valence-corrected chi connectivity index (χ3v) is 1.91. The highest BCUT2D eigenvalue weighted by atomic mass is 16.3. The van der Waals surface area contributed by atoms with E-state index in [-0.39, 0.29) is 12.0 Å². The molecule has 0 bridgehead atoms. The van der Waals surface area contributed by atoms with Crippen LogP contribution >= 0.6 is 0 Å². The van der Waals surface area contributed by atoms with Crippen LogP contribution in [0.3, 0.4) is 0 Å². The molecule has 0 saturated carbocycles. The third-order valence-electron chi connectivity index (χ3n) is 1.91. The quantitative estimate of drug-likeness (QED) is 0.712. The van der Waals surface area contributed by atoms with Crippen molar-refractivity contribution in [2.45, 2.75) is 6.61 Å². The Labute approximate surface area is 74.2 Å². The average Bonchev–Trinajstić information content (AvgIpc) is 2.18. The second kappa shape index (κ2) is 3.03. The van der Waals surface area contributed by atoms with Crippen LogP contribution in [0.5, 0.6) is 0 Å². The number of fused-ring (bicyclic) bond motifs is 1. The van der Waals surface area contributed by atoms with E-state index < -0.39 is 0 Å². The van der Waals surface area contributed by atoms with Crippen LogP contribution in [0, 0.1) is 0 Å². The monoisotopic (exact) mass is 176 g/mol. The fourth-order valence-corrected chi connectivity index (χ4v) is 1.23. The van der Waals surface area contributed by atoms with Gasteiger partial charge in [-0.25, -0.2) is 0 Å². The molecule has 2 rings (SSSR count). The minimum Gasteiger partial charge on any atom is -0.464 e. The first kappa shape index (κ1) is 8.01. The molecular weight excluding hydrogens is 168 g/mol. The largest absolute Gasteiger partial charge is 0.464 e. The minimum atomic E-state index is -0.0641. The van der Waals surface area contributed by atoms with Crippen LogP contribution < -0.4 is 5.43 Å². The fraction of sp³-hybridized carbons (Fsp3) is 0.100. The van der Waals surface area contributed by atoms with Gasteiger partial charge in [-0.1, -0.05) is 6.07 Å². The van der Waals surface area contributed by atoms with Crippen LogP contribution in [-0.2, 0) is 6.61 Å². The summed E-state index contributed by atoms with van der Waals surface area (Å²) in [5.74, 6) is 0. The molecule has 3 heteroatoms. The number of hydrogen-bond donors (Lipinski definition) is 1. The zero-order valence-corrected chi connectivity index (χ0v) is 6.86. The molecule has 0 spiro atoms. The van der Waals surface area contributed by atoms with Crippen molar-refractivity contribution in [3.63, 3.8) is 0 Å². The van der Waals surface area contributed by atoms with E-state index in [9.17, 15) is 4.79 Å². The minimum absolute atomic E-state index is 0.0471. The molecule has 13 heavy (non-hydrogen) atoms. The standard InChI is InChI=1S/C10H8O3/c11-6-7-1-2-8-9(12)3-4-13-10(8)5-7/h1-5,11H,6H2. The summed E-state index contributed by atoms with van der Waals surface area (Å²) in [6, 6.07) is 6.41. The molecule has 0 aliphatic rings. The molecule has 1 heterocycles. The molecule has 1 aromatic heterocycles. The summed E-state index contributed by atoms with van der Waals surface area (Å²) >= 11 is 0. The van der Waals surface area contributed by atoms with Gasteiger partial charge in [0.1, 0.15) is 5.58 Å². The predicted molar refractivity (Wildman–Crippen MR) is 48.4 cm³/mol. The SMILES string of the molecule is O=c1ccoc2cc(CO)ccc12. The van der Waals surface area contributed by atoms with Crippen LogP contribution in [-0.4, -0.2) is 5.11 Å². The number of rotatable bonds is 1. The smallest absolute Gasteiger partial charge is 0.192 e. The van der Waals surface area contributed by atoms with Gasteiger partial charge >= 0.3 is 0 Å². The van der Waals surface area contributed by atoms with Gasteiger partial charge in [-0.05, 0) is 17.7 Å². The molecule has 66 valence electrons. The maximum atomic E-state index is 11.3. The van der Waals surface area contributed by atoms with Crippen molar-refractivity contribution < 1.29 is 9.52 Å². The molecule has 1 N–H and O–H groups in total. The zero-order valence-electron chi connectivity index (χ0n) is 6.86. The van der Waals surface area contributed by atoms with Gasteiger partial charge in [-0.3, -0.25) is 4.79 Å². The molecule has 0 unspecified atom stereocenters. The van der Waals surface area contributed by atoms with Crippen molar-refractivity contribution in [3.8, 4) is 0 Å². The molecule has 0 aliphatic carbocycles. The summed E-state index contributed by atoms with van der Waals surface area (Å²) in [4.78, 5) is 11.3. The number of hydrogen-bond acceptors (Lipinski definition) is 3. The van der Waals surface area contributed by atoms with Gasteiger partial charge in [0.25, 0.3) is 0 Å². The van der Waals surface area contributed by atoms with Crippen LogP contribution in [0.1, 0.15) is 5.56 Å². The Morgan fingerprint density at radius 2 is 2.15 bits per heavy atom. The summed E-state index contributed by atoms with van der Waals surface area (Å²) in [5.41, 5.74) is 1.19. The van der Waals surface area contributed by atoms with E-state index in [1.54, 1.807) is 18.2 Å². The number of aliphatic hydroxyl groups is 1. The lowest BCUT2D eigenvalue weighted by molar-refractivity contribution is 0.282. The fourth-order valence-electron chi connectivity index (χ4n) is 1.23. The number of benzene rings is 1. The van der Waals surface area contributed by atoms with E-state index >= 15 is 0 Å². The molecule has 1 aromatic carbocycles. The Balaban J connectivity index is 2.80. The van der Waals surface area contributed by atoms with E-state index in [2.05, 4.69) is 0 Å².